The van der Waals surface area contributed by atoms with Crippen molar-refractivity contribution >= 4 is 41.6 Å². The van der Waals surface area contributed by atoms with Gasteiger partial charge in [0.2, 0.25) is 11.3 Å². The zero-order valence-electron chi connectivity index (χ0n) is 31.3. The van der Waals surface area contributed by atoms with Crippen molar-refractivity contribution in [3.8, 4) is 11.5 Å². The van der Waals surface area contributed by atoms with E-state index in [2.05, 4.69) is 17.6 Å². The van der Waals surface area contributed by atoms with E-state index >= 15 is 4.79 Å². The van der Waals surface area contributed by atoms with Crippen molar-refractivity contribution in [2.45, 2.75) is 78.2 Å². The van der Waals surface area contributed by atoms with Gasteiger partial charge in [0.15, 0.2) is 0 Å². The number of amides is 5. The number of hydrogen-bond acceptors (Lipinski definition) is 6. The molecule has 4 aromatic carbocycles. The number of urea groups is 1. The molecule has 1 saturated heterocycles. The van der Waals surface area contributed by atoms with Gasteiger partial charge in [0.05, 0.1) is 6.54 Å². The number of hydrogen-bond donors (Lipinski definition) is 2. The van der Waals surface area contributed by atoms with E-state index in [1.807, 2.05) is 95.3 Å². The summed E-state index contributed by atoms with van der Waals surface area (Å²) in [5, 5.41) is 7.56. The lowest BCUT2D eigenvalue weighted by Gasteiger charge is -2.36. The number of rotatable bonds is 12. The van der Waals surface area contributed by atoms with Crippen LogP contribution in [0.1, 0.15) is 84.6 Å². The first-order chi connectivity index (χ1) is 25.5. The highest BCUT2D eigenvalue weighted by atomic mass is 16.6. The summed E-state index contributed by atoms with van der Waals surface area (Å²) in [6, 6.07) is 21.2. The van der Waals surface area contributed by atoms with Crippen LogP contribution < -0.4 is 19.9 Å². The first-order valence-corrected chi connectivity index (χ1v) is 18.7. The number of carbonyl (C=O) groups is 4. The fraction of sp³-hybridized carbons (Fsp3) is 0.381. The molecule has 0 spiro atoms. The molecule has 1 fully saturated rings. The summed E-state index contributed by atoms with van der Waals surface area (Å²) in [5.41, 5.74) is 3.86. The topological polar surface area (TPSA) is 117 Å². The van der Waals surface area contributed by atoms with E-state index in [1.165, 1.54) is 5.56 Å². The Morgan fingerprint density at radius 1 is 0.925 bits per heavy atom. The van der Waals surface area contributed by atoms with Crippen LogP contribution in [-0.2, 0) is 16.0 Å². The maximum atomic E-state index is 15.1. The molecule has 5 amide bonds. The monoisotopic (exact) mass is 714 g/mol. The number of fused-ring (bicyclic) bond motifs is 1. The molecule has 0 radical (unpaired) electrons. The normalized spacial score (nSPS) is 19.1. The average Bonchev–Trinajstić information content (AvgIpc) is 3.73. The summed E-state index contributed by atoms with van der Waals surface area (Å²) in [6.45, 7) is 12.2. The minimum absolute atomic E-state index is 0.140. The Hall–Kier alpha value is -5.32. The third-order valence-electron chi connectivity index (χ3n) is 11.1. The Labute approximate surface area is 311 Å². The number of benzene rings is 4. The molecule has 2 aliphatic carbocycles. The predicted molar refractivity (Wildman–Crippen MR) is 205 cm³/mol. The van der Waals surface area contributed by atoms with Crippen LogP contribution >= 0.6 is 0 Å². The van der Waals surface area contributed by atoms with Gasteiger partial charge in [0.25, 0.3) is 11.8 Å². The molecule has 53 heavy (non-hydrogen) atoms. The SMILES string of the molecule is CCCNC(=O)C1(B2Oc3c(C)c4c(C)c(c3O2)C4C)CN(CCCc2ccccc2)C(=O)N1C(=O)[C@@H](NC(=O)c1cccc2ccccc12)C(C)C. The van der Waals surface area contributed by atoms with Crippen molar-refractivity contribution in [3.63, 3.8) is 0 Å². The smallest absolute Gasteiger partial charge is 0.521 e. The first-order valence-electron chi connectivity index (χ1n) is 18.7. The summed E-state index contributed by atoms with van der Waals surface area (Å²) < 4.78 is 13.2. The quantitative estimate of drug-likeness (QED) is 0.166. The third kappa shape index (κ3) is 6.00. The first kappa shape index (κ1) is 36.1. The molecular weight excluding hydrogens is 667 g/mol. The van der Waals surface area contributed by atoms with E-state index in [1.54, 1.807) is 17.0 Å². The van der Waals surface area contributed by atoms with E-state index in [0.29, 0.717) is 49.4 Å². The number of nitrogens with zero attached hydrogens (tertiary/aromatic N) is 2. The van der Waals surface area contributed by atoms with Crippen LogP contribution in [-0.4, -0.2) is 71.8 Å². The summed E-state index contributed by atoms with van der Waals surface area (Å²) in [7, 11) is -1.32. The maximum Gasteiger partial charge on any atom is 0.635 e. The number of aryl methyl sites for hydroxylation is 2. The highest BCUT2D eigenvalue weighted by molar-refractivity contribution is 6.59. The van der Waals surface area contributed by atoms with Gasteiger partial charge in [-0.2, -0.15) is 0 Å². The van der Waals surface area contributed by atoms with Gasteiger partial charge in [0, 0.05) is 30.1 Å². The van der Waals surface area contributed by atoms with Crippen LogP contribution in [0.25, 0.3) is 10.8 Å². The van der Waals surface area contributed by atoms with Gasteiger partial charge in [-0.3, -0.25) is 14.4 Å². The second kappa shape index (κ2) is 14.3. The molecular formula is C42H47BN4O6. The highest BCUT2D eigenvalue weighted by Gasteiger charge is 2.71. The fourth-order valence-electron chi connectivity index (χ4n) is 8.41. The molecule has 2 unspecified atom stereocenters. The average molecular weight is 715 g/mol. The van der Waals surface area contributed by atoms with E-state index in [4.69, 9.17) is 9.31 Å². The molecule has 274 valence electrons. The van der Waals surface area contributed by atoms with Gasteiger partial charge in [0.1, 0.15) is 17.5 Å². The van der Waals surface area contributed by atoms with E-state index in [-0.39, 0.29) is 12.5 Å². The van der Waals surface area contributed by atoms with Gasteiger partial charge in [-0.1, -0.05) is 94.4 Å². The molecule has 2 N–H and O–H groups in total. The van der Waals surface area contributed by atoms with Crippen LogP contribution in [0.2, 0.25) is 0 Å². The van der Waals surface area contributed by atoms with Crippen LogP contribution in [0, 0.1) is 19.8 Å². The molecule has 11 heteroatoms. The lowest BCUT2D eigenvalue weighted by molar-refractivity contribution is -0.140. The zero-order chi connectivity index (χ0) is 37.6. The molecule has 4 aromatic rings. The van der Waals surface area contributed by atoms with Gasteiger partial charge >= 0.3 is 13.1 Å². The lowest BCUT2D eigenvalue weighted by atomic mass is 9.62. The molecule has 4 aliphatic rings. The molecule has 10 nitrogen and oxygen atoms in total. The van der Waals surface area contributed by atoms with Crippen molar-refractivity contribution in [2.24, 2.45) is 5.92 Å². The van der Waals surface area contributed by atoms with E-state index < -0.39 is 48.3 Å². The van der Waals surface area contributed by atoms with Gasteiger partial charge in [-0.25, -0.2) is 9.69 Å². The van der Waals surface area contributed by atoms with Crippen molar-refractivity contribution in [3.05, 3.63) is 106 Å². The summed E-state index contributed by atoms with van der Waals surface area (Å²) in [4.78, 5) is 61.2. The summed E-state index contributed by atoms with van der Waals surface area (Å²) in [6.07, 6.45) is 1.94. The molecule has 8 rings (SSSR count). The molecule has 2 heterocycles. The summed E-state index contributed by atoms with van der Waals surface area (Å²) in [5.74, 6) is -0.895. The Morgan fingerprint density at radius 3 is 2.34 bits per heavy atom. The van der Waals surface area contributed by atoms with Crippen molar-refractivity contribution < 1.29 is 28.5 Å². The largest absolute Gasteiger partial charge is 0.635 e. The van der Waals surface area contributed by atoms with E-state index in [0.717, 1.165) is 37.9 Å². The van der Waals surface area contributed by atoms with Crippen LogP contribution in [0.15, 0.2) is 72.8 Å². The molecule has 0 saturated carbocycles. The molecule has 2 aliphatic heterocycles. The van der Waals surface area contributed by atoms with Gasteiger partial charge in [-0.05, 0) is 78.1 Å². The van der Waals surface area contributed by atoms with Crippen molar-refractivity contribution in [1.82, 2.24) is 20.4 Å². The zero-order valence-corrected chi connectivity index (χ0v) is 31.3. The van der Waals surface area contributed by atoms with Crippen LogP contribution in [0.4, 0.5) is 4.79 Å². The minimum Gasteiger partial charge on any atom is -0.521 e. The molecule has 3 atom stereocenters. The van der Waals surface area contributed by atoms with Crippen LogP contribution in [0.3, 0.4) is 0 Å². The van der Waals surface area contributed by atoms with Crippen LogP contribution in [0.5, 0.6) is 11.5 Å². The van der Waals surface area contributed by atoms with Crippen molar-refractivity contribution in [1.29, 1.82) is 0 Å². The second-order valence-electron chi connectivity index (χ2n) is 14.9. The van der Waals surface area contributed by atoms with E-state index in [9.17, 15) is 14.4 Å². The third-order valence-corrected chi connectivity index (χ3v) is 11.1. The Balaban J connectivity index is 1.28. The molecule has 0 aromatic heterocycles. The fourth-order valence-corrected chi connectivity index (χ4v) is 8.41. The van der Waals surface area contributed by atoms with Gasteiger partial charge < -0.3 is 24.8 Å². The van der Waals surface area contributed by atoms with Gasteiger partial charge in [-0.15, -0.1) is 0 Å². The maximum absolute atomic E-state index is 15.1. The van der Waals surface area contributed by atoms with Crippen molar-refractivity contribution in [2.75, 3.05) is 19.6 Å². The Bertz CT molecular complexity index is 2100. The Kier molecular flexibility index (Phi) is 9.70. The number of imide groups is 1. The number of carbonyl (C=O) groups excluding carboxylic acids is 4. The minimum atomic E-state index is -1.90. The molecule has 2 bridgehead atoms. The number of nitrogens with one attached hydrogen (secondary N) is 2. The second-order valence-corrected chi connectivity index (χ2v) is 14.9. The standard InChI is InChI=1S/C42H47BN4O6/c1-7-22-44-40(50)42(43-52-36-28(6)33-26(4)34(27(33)5)37(36)53-43)24-46(23-14-17-29-15-9-8-10-16-29)41(51)47(42)39(49)35(25(2)3)45-38(48)32-21-13-19-30-18-11-12-20-31(30)32/h8-13,15-16,18-21,25-26,35H,7,14,17,22-24H2,1-6H3,(H,44,50)(H,45,48)/t26?,35-,42?/m0/s1. The predicted octanol–water partition coefficient (Wildman–Crippen LogP) is 6.34. The highest BCUT2D eigenvalue weighted by Crippen LogP contribution is 2.57. The lowest BCUT2D eigenvalue weighted by Crippen LogP contribution is -2.72. The Morgan fingerprint density at radius 2 is 1.62 bits per heavy atom. The summed E-state index contributed by atoms with van der Waals surface area (Å²) >= 11 is 0.